The number of para-hydroxylation sites is 2. The van der Waals surface area contributed by atoms with E-state index in [9.17, 15) is 4.79 Å². The van der Waals surface area contributed by atoms with E-state index in [0.29, 0.717) is 18.1 Å². The van der Waals surface area contributed by atoms with Gasteiger partial charge in [-0.15, -0.1) is 0 Å². The topological polar surface area (TPSA) is 48.4 Å². The maximum Gasteiger partial charge on any atom is 0.315 e. The number of carbonyl (C=O) groups excluding carboxylic acids is 1. The van der Waals surface area contributed by atoms with Crippen LogP contribution in [0.4, 0.5) is 0 Å². The van der Waals surface area contributed by atoms with Gasteiger partial charge in [0.2, 0.25) is 0 Å². The van der Waals surface area contributed by atoms with Crippen LogP contribution in [0.25, 0.3) is 0 Å². The summed E-state index contributed by atoms with van der Waals surface area (Å²) in [7, 11) is 0. The molecule has 0 unspecified atom stereocenters. The SMILES string of the molecule is Cc1cccc(C)c1OC(=O)Cc1ccccc1OCc1ccncc1. The molecule has 3 aromatic rings. The number of hydrogen-bond acceptors (Lipinski definition) is 4. The Morgan fingerprint density at radius 1 is 0.923 bits per heavy atom. The van der Waals surface area contributed by atoms with Crippen molar-refractivity contribution in [1.82, 2.24) is 4.98 Å². The molecule has 26 heavy (non-hydrogen) atoms. The molecule has 0 bridgehead atoms. The van der Waals surface area contributed by atoms with Gasteiger partial charge in [-0.3, -0.25) is 9.78 Å². The largest absolute Gasteiger partial charge is 0.489 e. The van der Waals surface area contributed by atoms with Crippen LogP contribution >= 0.6 is 0 Å². The number of esters is 1. The standard InChI is InChI=1S/C22H21NO3/c1-16-6-5-7-17(2)22(16)26-21(24)14-19-8-3-4-9-20(19)25-15-18-10-12-23-13-11-18/h3-13H,14-15H2,1-2H3. The van der Waals surface area contributed by atoms with Crippen LogP contribution in [0.2, 0.25) is 0 Å². The summed E-state index contributed by atoms with van der Waals surface area (Å²) in [6, 6.07) is 17.1. The molecule has 132 valence electrons. The fourth-order valence-electron chi connectivity index (χ4n) is 2.70. The number of aromatic nitrogens is 1. The van der Waals surface area contributed by atoms with Gasteiger partial charge in [-0.05, 0) is 48.7 Å². The number of nitrogens with zero attached hydrogens (tertiary/aromatic N) is 1. The molecule has 4 nitrogen and oxygen atoms in total. The van der Waals surface area contributed by atoms with E-state index in [1.54, 1.807) is 12.4 Å². The van der Waals surface area contributed by atoms with Crippen molar-refractivity contribution < 1.29 is 14.3 Å². The number of hydrogen-bond donors (Lipinski definition) is 0. The predicted molar refractivity (Wildman–Crippen MR) is 100 cm³/mol. The third-order valence-corrected chi connectivity index (χ3v) is 4.08. The van der Waals surface area contributed by atoms with Gasteiger partial charge in [0.05, 0.1) is 6.42 Å². The second-order valence-electron chi connectivity index (χ2n) is 6.12. The second kappa shape index (κ2) is 8.30. The lowest BCUT2D eigenvalue weighted by molar-refractivity contribution is -0.133. The molecule has 1 aromatic heterocycles. The molecule has 4 heteroatoms. The molecule has 0 amide bonds. The third kappa shape index (κ3) is 4.48. The molecule has 0 radical (unpaired) electrons. The van der Waals surface area contributed by atoms with Crippen LogP contribution < -0.4 is 9.47 Å². The van der Waals surface area contributed by atoms with Crippen LogP contribution in [0, 0.1) is 13.8 Å². The fraction of sp³-hybridized carbons (Fsp3) is 0.182. The number of pyridine rings is 1. The smallest absolute Gasteiger partial charge is 0.315 e. The average Bonchev–Trinajstić information content (AvgIpc) is 2.65. The Bertz CT molecular complexity index is 871. The van der Waals surface area contributed by atoms with E-state index in [-0.39, 0.29) is 12.4 Å². The van der Waals surface area contributed by atoms with E-state index < -0.39 is 0 Å². The normalized spacial score (nSPS) is 10.4. The van der Waals surface area contributed by atoms with E-state index in [2.05, 4.69) is 4.98 Å². The molecule has 0 aliphatic carbocycles. The number of aryl methyl sites for hydroxylation is 2. The number of carbonyl (C=O) groups is 1. The van der Waals surface area contributed by atoms with Crippen molar-refractivity contribution in [2.75, 3.05) is 0 Å². The lowest BCUT2D eigenvalue weighted by Gasteiger charge is -2.13. The minimum absolute atomic E-state index is 0.153. The van der Waals surface area contributed by atoms with Crippen LogP contribution in [0.5, 0.6) is 11.5 Å². The molecule has 0 spiro atoms. The van der Waals surface area contributed by atoms with Gasteiger partial charge in [0.15, 0.2) is 0 Å². The highest BCUT2D eigenvalue weighted by Crippen LogP contribution is 2.24. The zero-order valence-corrected chi connectivity index (χ0v) is 14.9. The number of benzene rings is 2. The first kappa shape index (κ1) is 17.7. The Morgan fingerprint density at radius 3 is 2.35 bits per heavy atom. The lowest BCUT2D eigenvalue weighted by Crippen LogP contribution is -2.13. The van der Waals surface area contributed by atoms with Gasteiger partial charge >= 0.3 is 5.97 Å². The first-order valence-electron chi connectivity index (χ1n) is 8.50. The first-order valence-corrected chi connectivity index (χ1v) is 8.50. The van der Waals surface area contributed by atoms with E-state index in [1.165, 1.54) is 0 Å². The van der Waals surface area contributed by atoms with Gasteiger partial charge in [0, 0.05) is 18.0 Å². The Hall–Kier alpha value is -3.14. The van der Waals surface area contributed by atoms with E-state index in [0.717, 1.165) is 22.3 Å². The van der Waals surface area contributed by atoms with Gasteiger partial charge in [-0.2, -0.15) is 0 Å². The molecule has 2 aromatic carbocycles. The molecule has 0 saturated heterocycles. The predicted octanol–water partition coefficient (Wildman–Crippen LogP) is 4.43. The summed E-state index contributed by atoms with van der Waals surface area (Å²) in [6.07, 6.45) is 3.61. The Morgan fingerprint density at radius 2 is 1.62 bits per heavy atom. The van der Waals surface area contributed by atoms with E-state index in [1.807, 2.05) is 68.4 Å². The molecule has 0 saturated carbocycles. The van der Waals surface area contributed by atoms with Crippen molar-refractivity contribution in [2.45, 2.75) is 26.9 Å². The molecule has 0 N–H and O–H groups in total. The summed E-state index contributed by atoms with van der Waals surface area (Å²) in [6.45, 7) is 4.29. The molecule has 0 fully saturated rings. The third-order valence-electron chi connectivity index (χ3n) is 4.08. The minimum atomic E-state index is -0.303. The van der Waals surface area contributed by atoms with Gasteiger partial charge < -0.3 is 9.47 Å². The Balaban J connectivity index is 1.69. The van der Waals surface area contributed by atoms with Gasteiger partial charge in [-0.1, -0.05) is 36.4 Å². The molecule has 0 aliphatic heterocycles. The number of ether oxygens (including phenoxy) is 2. The van der Waals surface area contributed by atoms with Crippen molar-refractivity contribution in [1.29, 1.82) is 0 Å². The summed E-state index contributed by atoms with van der Waals surface area (Å²) in [5.41, 5.74) is 3.71. The van der Waals surface area contributed by atoms with Crippen LogP contribution in [0.15, 0.2) is 67.0 Å². The van der Waals surface area contributed by atoms with Crippen LogP contribution in [0.3, 0.4) is 0 Å². The molecule has 0 atom stereocenters. The minimum Gasteiger partial charge on any atom is -0.489 e. The molecule has 1 heterocycles. The summed E-state index contributed by atoms with van der Waals surface area (Å²) < 4.78 is 11.5. The lowest BCUT2D eigenvalue weighted by atomic mass is 10.1. The molecular formula is C22H21NO3. The average molecular weight is 347 g/mol. The van der Waals surface area contributed by atoms with Crippen molar-refractivity contribution in [3.63, 3.8) is 0 Å². The summed E-state index contributed by atoms with van der Waals surface area (Å²) >= 11 is 0. The van der Waals surface area contributed by atoms with Crippen molar-refractivity contribution in [3.8, 4) is 11.5 Å². The molecule has 0 aliphatic rings. The second-order valence-corrected chi connectivity index (χ2v) is 6.12. The van der Waals surface area contributed by atoms with Gasteiger partial charge in [0.1, 0.15) is 18.1 Å². The van der Waals surface area contributed by atoms with Crippen molar-refractivity contribution in [3.05, 3.63) is 89.2 Å². The van der Waals surface area contributed by atoms with Crippen LogP contribution in [-0.4, -0.2) is 11.0 Å². The van der Waals surface area contributed by atoms with Crippen molar-refractivity contribution in [2.24, 2.45) is 0 Å². The Labute approximate surface area is 153 Å². The summed E-state index contributed by atoms with van der Waals surface area (Å²) in [5, 5.41) is 0. The van der Waals surface area contributed by atoms with Crippen molar-refractivity contribution >= 4 is 5.97 Å². The summed E-state index contributed by atoms with van der Waals surface area (Å²) in [5.74, 6) is 1.01. The zero-order valence-electron chi connectivity index (χ0n) is 14.9. The van der Waals surface area contributed by atoms with Gasteiger partial charge in [0.25, 0.3) is 0 Å². The van der Waals surface area contributed by atoms with Crippen LogP contribution in [-0.2, 0) is 17.8 Å². The van der Waals surface area contributed by atoms with E-state index in [4.69, 9.17) is 9.47 Å². The van der Waals surface area contributed by atoms with E-state index >= 15 is 0 Å². The maximum absolute atomic E-state index is 12.4. The fourth-order valence-corrected chi connectivity index (χ4v) is 2.70. The monoisotopic (exact) mass is 347 g/mol. The van der Waals surface area contributed by atoms with Gasteiger partial charge in [-0.25, -0.2) is 0 Å². The molecular weight excluding hydrogens is 326 g/mol. The highest BCUT2D eigenvalue weighted by Gasteiger charge is 2.13. The molecule has 3 rings (SSSR count). The quantitative estimate of drug-likeness (QED) is 0.489. The maximum atomic E-state index is 12.4. The number of rotatable bonds is 6. The highest BCUT2D eigenvalue weighted by atomic mass is 16.5. The first-order chi connectivity index (χ1) is 12.6. The summed E-state index contributed by atoms with van der Waals surface area (Å²) in [4.78, 5) is 16.4. The highest BCUT2D eigenvalue weighted by molar-refractivity contribution is 5.76. The van der Waals surface area contributed by atoms with Crippen LogP contribution in [0.1, 0.15) is 22.3 Å². The zero-order chi connectivity index (χ0) is 18.4. The Kier molecular flexibility index (Phi) is 5.64.